The third kappa shape index (κ3) is 26.6. The van der Waals surface area contributed by atoms with E-state index < -0.39 is 92.7 Å². The maximum Gasteiger partial charge on any atom is 0.303 e. The average Bonchev–Trinajstić information content (AvgIpc) is 1.53. The van der Waals surface area contributed by atoms with Gasteiger partial charge in [0.15, 0.2) is 5.71 Å². The van der Waals surface area contributed by atoms with Gasteiger partial charge < -0.3 is 66.8 Å². The van der Waals surface area contributed by atoms with E-state index in [-0.39, 0.29) is 126 Å². The molecule has 0 radical (unpaired) electrons. The molecule has 582 valence electrons. The molecule has 0 spiro atoms. The van der Waals surface area contributed by atoms with Gasteiger partial charge in [0.25, 0.3) is 50.6 Å². The van der Waals surface area contributed by atoms with E-state index in [1.807, 2.05) is 11.8 Å². The van der Waals surface area contributed by atoms with Crippen LogP contribution in [0.25, 0.3) is 21.5 Å². The highest BCUT2D eigenvalue weighted by atomic mass is 32.2. The standard InChI is InChI=1S/C68H96N2O29S5/c1-67(21-25-90-31-33-94-39-41-98-45-43-96-37-35-92-29-27-88-3)62(69(23-12-8-11-16-64(71)72)58-19-17-54-56(65(58)67)48-52(101(76,77)78)50-60(54)103(82,83)84)14-9-6-5-7-10-15-63-68(2,22-26-91-32-34-95-40-42-99-46-44-97-38-36-93-30-28-89-4)66-57-49-53(102(79,80)81)51-61(104(85,86)87)55(57)18-20-59(66)70(63)24-13-47-100(73,74)75/h5-7,9-10,14-15,17-20,48-51H,8,11-13,16,21-47H2,1-4H3,(H5-,71,72,73,74,75,76,77,78,79,80,81,82,83,84,85,86,87)/p+1. The molecular formula is C68H97N2O29S5+. The van der Waals surface area contributed by atoms with Gasteiger partial charge in [-0.2, -0.15) is 46.7 Å². The highest BCUT2D eigenvalue weighted by Gasteiger charge is 2.50. The number of unbranched alkanes of at least 4 members (excludes halogenated alkanes) is 2. The van der Waals surface area contributed by atoms with Gasteiger partial charge in [0.05, 0.1) is 153 Å². The van der Waals surface area contributed by atoms with Crippen molar-refractivity contribution in [3.63, 3.8) is 0 Å². The van der Waals surface area contributed by atoms with E-state index in [0.717, 1.165) is 12.1 Å². The van der Waals surface area contributed by atoms with Crippen molar-refractivity contribution in [1.29, 1.82) is 0 Å². The number of carbonyl (C=O) groups is 1. The van der Waals surface area contributed by atoms with Crippen LogP contribution < -0.4 is 4.90 Å². The maximum atomic E-state index is 13.0. The summed E-state index contributed by atoms with van der Waals surface area (Å²) in [7, 11) is -21.8. The lowest BCUT2D eigenvalue weighted by atomic mass is 9.75. The number of allylic oxidation sites excluding steroid dienone is 8. The van der Waals surface area contributed by atoms with Gasteiger partial charge in [0.2, 0.25) is 5.69 Å². The van der Waals surface area contributed by atoms with Gasteiger partial charge in [0.1, 0.15) is 16.3 Å². The molecule has 2 atom stereocenters. The lowest BCUT2D eigenvalue weighted by Crippen LogP contribution is -2.33. The molecule has 0 saturated carbocycles. The summed E-state index contributed by atoms with van der Waals surface area (Å²) in [5.41, 5.74) is 0.266. The summed E-state index contributed by atoms with van der Waals surface area (Å²) in [6.45, 7) is 10.4. The van der Waals surface area contributed by atoms with Crippen LogP contribution in [0.3, 0.4) is 0 Å². The molecule has 4 aromatic rings. The zero-order valence-corrected chi connectivity index (χ0v) is 62.9. The topological polar surface area (TPSA) is 426 Å². The quantitative estimate of drug-likeness (QED) is 0.0114. The predicted octanol–water partition coefficient (Wildman–Crippen LogP) is 6.83. The summed E-state index contributed by atoms with van der Waals surface area (Å²) in [6.07, 6.45) is 13.2. The second kappa shape index (κ2) is 42.2. The van der Waals surface area contributed by atoms with Gasteiger partial charge in [-0.3, -0.25) is 27.6 Å². The molecular weight excluding hydrogens is 1470 g/mol. The fraction of sp³-hybridized carbons (Fsp3) is 0.559. The van der Waals surface area contributed by atoms with Crippen molar-refractivity contribution in [2.75, 3.05) is 183 Å². The van der Waals surface area contributed by atoms with E-state index in [0.29, 0.717) is 145 Å². The average molecular weight is 1570 g/mol. The summed E-state index contributed by atoms with van der Waals surface area (Å²) in [4.78, 5) is 10.3. The maximum absolute atomic E-state index is 13.0. The molecule has 104 heavy (non-hydrogen) atoms. The van der Waals surface area contributed by atoms with Crippen molar-refractivity contribution in [1.82, 2.24) is 0 Å². The van der Waals surface area contributed by atoms with E-state index >= 15 is 0 Å². The van der Waals surface area contributed by atoms with Crippen LogP contribution in [0.4, 0.5) is 11.4 Å². The number of anilines is 1. The first-order chi connectivity index (χ1) is 49.4. The molecule has 2 aliphatic heterocycles. The largest absolute Gasteiger partial charge is 0.481 e. The Labute approximate surface area is 608 Å². The minimum atomic E-state index is -5.15. The Hall–Kier alpha value is -5.63. The number of benzene rings is 4. The summed E-state index contributed by atoms with van der Waals surface area (Å²) in [6, 6.07) is 9.46. The number of nitrogens with zero attached hydrogens (tertiary/aromatic N) is 2. The smallest absolute Gasteiger partial charge is 0.303 e. The molecule has 2 aliphatic rings. The van der Waals surface area contributed by atoms with Gasteiger partial charge in [-0.1, -0.05) is 42.9 Å². The van der Waals surface area contributed by atoms with Crippen LogP contribution in [-0.4, -0.2) is 265 Å². The van der Waals surface area contributed by atoms with E-state index in [1.54, 1.807) is 74.3 Å². The number of ether oxygens (including phenoxy) is 12. The Morgan fingerprint density at radius 1 is 0.452 bits per heavy atom. The van der Waals surface area contributed by atoms with Crippen LogP contribution in [0.2, 0.25) is 0 Å². The van der Waals surface area contributed by atoms with Crippen LogP contribution >= 0.6 is 0 Å². The van der Waals surface area contributed by atoms with Crippen molar-refractivity contribution in [2.24, 2.45) is 0 Å². The highest BCUT2D eigenvalue weighted by molar-refractivity contribution is 7.87. The second-order valence-corrected chi connectivity index (χ2v) is 31.5. The molecule has 0 aromatic heterocycles. The first kappa shape index (κ1) is 87.3. The number of hydrogen-bond acceptors (Lipinski definition) is 24. The zero-order chi connectivity index (χ0) is 76.0. The summed E-state index contributed by atoms with van der Waals surface area (Å²) < 4.78 is 248. The number of carboxylic acids is 1. The molecule has 2 heterocycles. The molecule has 6 N–H and O–H groups in total. The number of carboxylic acid groups (broad SMARTS) is 1. The Morgan fingerprint density at radius 2 is 0.856 bits per heavy atom. The number of fused-ring (bicyclic) bond motifs is 6. The SMILES string of the molecule is COCCOCCOCCOCCOCCOCCC1(C)C(=CC=CC=CC=CC2=[N+](CCCS(=O)(=O)O)c3ccc4c(S(=O)(=O)O)cc(S(=O)(=O)O)cc4c3C2(C)CCOCCOCCOCCOCCOCCOC)N(CCCCCC(=O)O)c2ccc3c(S(=O)(=O)O)cc(S(=O)(=O)O)cc3c21. The van der Waals surface area contributed by atoms with Crippen LogP contribution in [0, 0.1) is 0 Å². The second-order valence-electron chi connectivity index (χ2n) is 24.3. The summed E-state index contributed by atoms with van der Waals surface area (Å²) in [5.74, 6) is -1.64. The molecule has 0 fully saturated rings. The van der Waals surface area contributed by atoms with Gasteiger partial charge >= 0.3 is 5.97 Å². The molecule has 0 amide bonds. The molecule has 36 heteroatoms. The number of hydrogen-bond donors (Lipinski definition) is 6. The van der Waals surface area contributed by atoms with Crippen LogP contribution in [0.15, 0.2) is 116 Å². The molecule has 0 bridgehead atoms. The van der Waals surface area contributed by atoms with Gasteiger partial charge in [-0.05, 0) is 98.3 Å². The van der Waals surface area contributed by atoms with Crippen molar-refractivity contribution < 1.29 is 136 Å². The lowest BCUT2D eigenvalue weighted by molar-refractivity contribution is -0.437. The summed E-state index contributed by atoms with van der Waals surface area (Å²) >= 11 is 0. The predicted molar refractivity (Wildman–Crippen MR) is 383 cm³/mol. The van der Waals surface area contributed by atoms with Crippen molar-refractivity contribution in [3.05, 3.63) is 108 Å². The van der Waals surface area contributed by atoms with Crippen LogP contribution in [0.5, 0.6) is 0 Å². The number of aliphatic carboxylic acids is 1. The van der Waals surface area contributed by atoms with Gasteiger partial charge in [0, 0.05) is 92.1 Å². The number of methoxy groups -OCH3 is 2. The Morgan fingerprint density at radius 3 is 1.28 bits per heavy atom. The molecule has 2 unspecified atom stereocenters. The van der Waals surface area contributed by atoms with E-state index in [4.69, 9.17) is 56.8 Å². The Kier molecular flexibility index (Phi) is 35.4. The monoisotopic (exact) mass is 1570 g/mol. The molecule has 31 nitrogen and oxygen atoms in total. The third-order valence-electron chi connectivity index (χ3n) is 17.0. The van der Waals surface area contributed by atoms with E-state index in [1.165, 1.54) is 18.2 Å². The van der Waals surface area contributed by atoms with Crippen molar-refractivity contribution >= 4 is 95.2 Å². The zero-order valence-electron chi connectivity index (χ0n) is 58.8. The van der Waals surface area contributed by atoms with E-state index in [2.05, 4.69) is 0 Å². The molecule has 6 rings (SSSR count). The third-order valence-corrected chi connectivity index (χ3v) is 21.2. The first-order valence-electron chi connectivity index (χ1n) is 33.6. The van der Waals surface area contributed by atoms with Gasteiger partial charge in [-0.25, -0.2) is 0 Å². The lowest BCUT2D eigenvalue weighted by Gasteiger charge is -2.31. The first-order valence-corrected chi connectivity index (χ1v) is 40.9. The van der Waals surface area contributed by atoms with E-state index in [9.17, 15) is 74.8 Å². The normalized spacial score (nSPS) is 17.2. The minimum Gasteiger partial charge on any atom is -0.481 e. The minimum absolute atomic E-state index is 0.000344. The van der Waals surface area contributed by atoms with Gasteiger partial charge in [-0.15, -0.1) is 0 Å². The molecule has 0 aliphatic carbocycles. The fourth-order valence-corrected chi connectivity index (χ4v) is 15.3. The van der Waals surface area contributed by atoms with Crippen LogP contribution in [0.1, 0.15) is 69.9 Å². The highest BCUT2D eigenvalue weighted by Crippen LogP contribution is 2.54. The van der Waals surface area contributed by atoms with Crippen molar-refractivity contribution in [2.45, 2.75) is 89.2 Å². The Balaban J connectivity index is 1.33. The van der Waals surface area contributed by atoms with Crippen molar-refractivity contribution in [3.8, 4) is 0 Å². The van der Waals surface area contributed by atoms with Crippen LogP contribution in [-0.2, 0) is 123 Å². The molecule has 0 saturated heterocycles. The summed E-state index contributed by atoms with van der Waals surface area (Å²) in [5, 5.41) is 9.37. The Bertz CT molecular complexity index is 4240. The number of rotatable bonds is 54. The fourth-order valence-electron chi connectivity index (χ4n) is 12.1. The molecule has 4 aromatic carbocycles.